The Balaban J connectivity index is 1.92. The van der Waals surface area contributed by atoms with Crippen LogP contribution >= 0.6 is 23.4 Å². The van der Waals surface area contributed by atoms with Gasteiger partial charge in [0.15, 0.2) is 11.0 Å². The number of halogens is 1. The van der Waals surface area contributed by atoms with Crippen molar-refractivity contribution in [1.82, 2.24) is 24.3 Å². The van der Waals surface area contributed by atoms with Gasteiger partial charge in [-0.15, -0.1) is 16.8 Å². The molecule has 0 aliphatic rings. The van der Waals surface area contributed by atoms with Crippen LogP contribution in [0.3, 0.4) is 0 Å². The van der Waals surface area contributed by atoms with Gasteiger partial charge in [-0.05, 0) is 12.1 Å². The first-order chi connectivity index (χ1) is 12.2. The van der Waals surface area contributed by atoms with Crippen molar-refractivity contribution in [2.75, 3.05) is 7.11 Å². The first kappa shape index (κ1) is 17.6. The van der Waals surface area contributed by atoms with Gasteiger partial charge in [-0.25, -0.2) is 4.98 Å². The minimum atomic E-state index is 0.601. The van der Waals surface area contributed by atoms with E-state index in [0.717, 1.165) is 28.1 Å². The van der Waals surface area contributed by atoms with E-state index < -0.39 is 0 Å². The molecule has 0 unspecified atom stereocenters. The zero-order chi connectivity index (χ0) is 17.8. The normalized spacial score (nSPS) is 10.8. The Bertz CT molecular complexity index is 889. The highest BCUT2D eigenvalue weighted by Gasteiger charge is 2.17. The maximum absolute atomic E-state index is 6.04. The van der Waals surface area contributed by atoms with Gasteiger partial charge in [0.1, 0.15) is 16.7 Å². The number of ether oxygens (including phenoxy) is 1. The second kappa shape index (κ2) is 7.76. The van der Waals surface area contributed by atoms with Crippen LogP contribution in [0.25, 0.3) is 11.4 Å². The fourth-order valence-electron chi connectivity index (χ4n) is 2.41. The molecule has 6 nitrogen and oxygen atoms in total. The molecule has 25 heavy (non-hydrogen) atoms. The standard InChI is InChI=1S/C17H18ClN5OS/c1-4-9-23-16(12-7-5-6-8-13(12)24-3)20-21-17(23)25-11-15-19-10-14(18)22(15)2/h4-8,10H,1,9,11H2,2-3H3. The molecule has 130 valence electrons. The number of para-hydroxylation sites is 1. The predicted octanol–water partition coefficient (Wildman–Crippen LogP) is 3.82. The van der Waals surface area contributed by atoms with Crippen LogP contribution in [-0.4, -0.2) is 31.4 Å². The average Bonchev–Trinajstić information content (AvgIpc) is 3.17. The van der Waals surface area contributed by atoms with Gasteiger partial charge in [0.05, 0.1) is 24.6 Å². The summed E-state index contributed by atoms with van der Waals surface area (Å²) < 4.78 is 9.31. The van der Waals surface area contributed by atoms with Crippen molar-refractivity contribution < 1.29 is 4.74 Å². The van der Waals surface area contributed by atoms with Gasteiger partial charge in [-0.1, -0.05) is 41.6 Å². The lowest BCUT2D eigenvalue weighted by atomic mass is 10.2. The molecule has 0 amide bonds. The van der Waals surface area contributed by atoms with Crippen molar-refractivity contribution in [1.29, 1.82) is 0 Å². The molecular formula is C17H18ClN5OS. The number of imidazole rings is 1. The molecule has 2 aromatic heterocycles. The number of rotatable bonds is 7. The summed E-state index contributed by atoms with van der Waals surface area (Å²) in [5, 5.41) is 10.1. The molecule has 0 fully saturated rings. The lowest BCUT2D eigenvalue weighted by Crippen LogP contribution is -2.02. The van der Waals surface area contributed by atoms with E-state index in [-0.39, 0.29) is 0 Å². The summed E-state index contributed by atoms with van der Waals surface area (Å²) in [6, 6.07) is 7.75. The number of allylic oxidation sites excluding steroid dienone is 1. The summed E-state index contributed by atoms with van der Waals surface area (Å²) >= 11 is 7.60. The topological polar surface area (TPSA) is 57.8 Å². The van der Waals surface area contributed by atoms with Crippen LogP contribution in [0.15, 0.2) is 48.3 Å². The summed E-state index contributed by atoms with van der Waals surface area (Å²) in [4.78, 5) is 4.31. The third-order valence-corrected chi connectivity index (χ3v) is 5.05. The Morgan fingerprint density at radius 3 is 2.80 bits per heavy atom. The SMILES string of the molecule is C=CCn1c(SCc2ncc(Cl)n2C)nnc1-c1ccccc1OC. The number of hydrogen-bond acceptors (Lipinski definition) is 5. The minimum absolute atomic E-state index is 0.601. The Labute approximate surface area is 155 Å². The Morgan fingerprint density at radius 2 is 2.12 bits per heavy atom. The van der Waals surface area contributed by atoms with Gasteiger partial charge in [0, 0.05) is 13.6 Å². The van der Waals surface area contributed by atoms with E-state index in [4.69, 9.17) is 16.3 Å². The molecule has 0 bridgehead atoms. The van der Waals surface area contributed by atoms with Crippen molar-refractivity contribution in [2.45, 2.75) is 17.5 Å². The molecule has 0 radical (unpaired) electrons. The molecule has 0 N–H and O–H groups in total. The molecule has 0 atom stereocenters. The second-order valence-corrected chi connectivity index (χ2v) is 6.58. The smallest absolute Gasteiger partial charge is 0.192 e. The van der Waals surface area contributed by atoms with Crippen molar-refractivity contribution in [3.8, 4) is 17.1 Å². The summed E-state index contributed by atoms with van der Waals surface area (Å²) in [6.07, 6.45) is 3.47. The van der Waals surface area contributed by atoms with Crippen LogP contribution in [0.4, 0.5) is 0 Å². The zero-order valence-corrected chi connectivity index (χ0v) is 15.6. The first-order valence-corrected chi connectivity index (χ1v) is 8.98. The van der Waals surface area contributed by atoms with Gasteiger partial charge in [-0.3, -0.25) is 4.57 Å². The number of aromatic nitrogens is 5. The molecule has 0 saturated heterocycles. The number of hydrogen-bond donors (Lipinski definition) is 0. The molecule has 8 heteroatoms. The minimum Gasteiger partial charge on any atom is -0.496 e. The van der Waals surface area contributed by atoms with E-state index >= 15 is 0 Å². The molecule has 1 aromatic carbocycles. The Kier molecular flexibility index (Phi) is 5.45. The summed E-state index contributed by atoms with van der Waals surface area (Å²) in [5.41, 5.74) is 0.895. The maximum Gasteiger partial charge on any atom is 0.192 e. The van der Waals surface area contributed by atoms with Crippen LogP contribution in [0.1, 0.15) is 5.82 Å². The summed E-state index contributed by atoms with van der Waals surface area (Å²) in [5.74, 6) is 3.03. The molecule has 0 saturated carbocycles. The highest BCUT2D eigenvalue weighted by atomic mass is 35.5. The van der Waals surface area contributed by atoms with Crippen molar-refractivity contribution >= 4 is 23.4 Å². The second-order valence-electron chi connectivity index (χ2n) is 5.25. The van der Waals surface area contributed by atoms with E-state index in [9.17, 15) is 0 Å². The fraction of sp³-hybridized carbons (Fsp3) is 0.235. The van der Waals surface area contributed by atoms with Crippen molar-refractivity contribution in [3.63, 3.8) is 0 Å². The molecule has 0 aliphatic heterocycles. The van der Waals surface area contributed by atoms with Crippen LogP contribution < -0.4 is 4.74 Å². The third kappa shape index (κ3) is 3.57. The van der Waals surface area contributed by atoms with E-state index in [0.29, 0.717) is 17.5 Å². The lowest BCUT2D eigenvalue weighted by Gasteiger charge is -2.10. The van der Waals surface area contributed by atoms with Gasteiger partial charge < -0.3 is 9.30 Å². The Morgan fingerprint density at radius 1 is 1.32 bits per heavy atom. The number of nitrogens with zero attached hydrogens (tertiary/aromatic N) is 5. The molecule has 2 heterocycles. The first-order valence-electron chi connectivity index (χ1n) is 7.62. The quantitative estimate of drug-likeness (QED) is 0.464. The summed E-state index contributed by atoms with van der Waals surface area (Å²) in [7, 11) is 3.54. The highest BCUT2D eigenvalue weighted by molar-refractivity contribution is 7.98. The largest absolute Gasteiger partial charge is 0.496 e. The number of benzene rings is 1. The monoisotopic (exact) mass is 375 g/mol. The summed E-state index contributed by atoms with van der Waals surface area (Å²) in [6.45, 7) is 4.44. The third-order valence-electron chi connectivity index (χ3n) is 3.73. The van der Waals surface area contributed by atoms with Crippen LogP contribution in [0.5, 0.6) is 5.75 Å². The number of thioether (sulfide) groups is 1. The highest BCUT2D eigenvalue weighted by Crippen LogP contribution is 2.31. The van der Waals surface area contributed by atoms with Gasteiger partial charge in [-0.2, -0.15) is 0 Å². The van der Waals surface area contributed by atoms with Crippen LogP contribution in [0.2, 0.25) is 5.15 Å². The van der Waals surface area contributed by atoms with E-state index in [2.05, 4.69) is 21.8 Å². The van der Waals surface area contributed by atoms with Gasteiger partial charge in [0.25, 0.3) is 0 Å². The zero-order valence-electron chi connectivity index (χ0n) is 14.0. The van der Waals surface area contributed by atoms with Crippen molar-refractivity contribution in [3.05, 3.63) is 54.1 Å². The fourth-order valence-corrected chi connectivity index (χ4v) is 3.49. The molecular weight excluding hydrogens is 358 g/mol. The van der Waals surface area contributed by atoms with E-state index in [1.807, 2.05) is 46.5 Å². The molecule has 3 aromatic rings. The van der Waals surface area contributed by atoms with E-state index in [1.165, 1.54) is 0 Å². The van der Waals surface area contributed by atoms with Crippen molar-refractivity contribution in [2.24, 2.45) is 7.05 Å². The molecule has 3 rings (SSSR count). The van der Waals surface area contributed by atoms with Crippen LogP contribution in [0, 0.1) is 0 Å². The molecule has 0 aliphatic carbocycles. The van der Waals surface area contributed by atoms with Gasteiger partial charge >= 0.3 is 0 Å². The predicted molar refractivity (Wildman–Crippen MR) is 100.0 cm³/mol. The van der Waals surface area contributed by atoms with Crippen LogP contribution in [-0.2, 0) is 19.3 Å². The lowest BCUT2D eigenvalue weighted by molar-refractivity contribution is 0.416. The van der Waals surface area contributed by atoms with Gasteiger partial charge in [0.2, 0.25) is 0 Å². The Hall–Kier alpha value is -2.25. The van der Waals surface area contributed by atoms with E-state index in [1.54, 1.807) is 25.1 Å². The maximum atomic E-state index is 6.04. The number of methoxy groups -OCH3 is 1. The average molecular weight is 376 g/mol. The molecule has 0 spiro atoms.